The van der Waals surface area contributed by atoms with Gasteiger partial charge in [-0.15, -0.1) is 0 Å². The number of allylic oxidation sites excluding steroid dienone is 8. The van der Waals surface area contributed by atoms with Crippen LogP contribution in [-0.4, -0.2) is 82.3 Å². The molecule has 0 bridgehead atoms. The Bertz CT molecular complexity index is 1580. The number of carboxylic acid groups (broad SMARTS) is 1. The Morgan fingerprint density at radius 1 is 0.352 bits per heavy atom. The zero-order chi connectivity index (χ0) is 64.0. The third-order valence-electron chi connectivity index (χ3n) is 17.3. The topological polar surface area (TPSA) is 111 Å². The lowest BCUT2D eigenvalue weighted by atomic mass is 10.0. The van der Waals surface area contributed by atoms with Crippen molar-refractivity contribution in [3.8, 4) is 0 Å². The van der Waals surface area contributed by atoms with Gasteiger partial charge in [0.1, 0.15) is 13.2 Å². The molecule has 0 aromatic carbocycles. The molecular weight excluding hydrogens is 1090 g/mol. The van der Waals surface area contributed by atoms with E-state index >= 15 is 0 Å². The maximum atomic E-state index is 13.0. The third-order valence-corrected chi connectivity index (χ3v) is 17.3. The first-order valence-corrected chi connectivity index (χ1v) is 38.3. The summed E-state index contributed by atoms with van der Waals surface area (Å²) < 4.78 is 22.9. The molecule has 0 aromatic rings. The fourth-order valence-electron chi connectivity index (χ4n) is 11.5. The van der Waals surface area contributed by atoms with E-state index in [-0.39, 0.29) is 32.2 Å². The van der Waals surface area contributed by atoms with Crippen molar-refractivity contribution in [3.05, 3.63) is 48.6 Å². The van der Waals surface area contributed by atoms with E-state index in [1.807, 2.05) is 21.1 Å². The summed E-state index contributed by atoms with van der Waals surface area (Å²) in [5.41, 5.74) is 0. The Balaban J connectivity index is 3.96. The van der Waals surface area contributed by atoms with E-state index in [2.05, 4.69) is 62.5 Å². The second-order valence-corrected chi connectivity index (χ2v) is 27.3. The van der Waals surface area contributed by atoms with Gasteiger partial charge in [0.2, 0.25) is 0 Å². The number of rotatable bonds is 72. The Hall–Kier alpha value is -2.75. The van der Waals surface area contributed by atoms with Gasteiger partial charge in [-0.2, -0.15) is 0 Å². The predicted octanol–water partition coefficient (Wildman–Crippen LogP) is 22.8. The SMILES string of the molecule is CC/C=C\C/C=C\C/C=C\C/C=C\CCCCCCCCCCCCCCCCCCCCCCCCCCCCC(=O)OC(COC(=O)CCCCCCCCCCCCCCCCCCCCCCCCCC)COC(OCC[N+](C)(C)C)C(=O)[O-]. The minimum Gasteiger partial charge on any atom is -0.545 e. The van der Waals surface area contributed by atoms with Crippen LogP contribution in [0.15, 0.2) is 48.6 Å². The molecule has 0 fully saturated rings. The summed E-state index contributed by atoms with van der Waals surface area (Å²) in [7, 11) is 5.95. The van der Waals surface area contributed by atoms with Crippen LogP contribution >= 0.6 is 0 Å². The van der Waals surface area contributed by atoms with E-state index in [1.54, 1.807) is 0 Å². The van der Waals surface area contributed by atoms with E-state index in [1.165, 1.54) is 289 Å². The number of nitrogens with zero attached hydrogens (tertiary/aromatic N) is 1. The van der Waals surface area contributed by atoms with Crippen LogP contribution in [0.3, 0.4) is 0 Å². The zero-order valence-corrected chi connectivity index (χ0v) is 59.1. The first kappa shape index (κ1) is 85.2. The second kappa shape index (κ2) is 70.1. The Kier molecular flexibility index (Phi) is 67.9. The normalized spacial score (nSPS) is 12.9. The zero-order valence-electron chi connectivity index (χ0n) is 59.1. The number of carbonyl (C=O) groups excluding carboxylic acids is 3. The van der Waals surface area contributed by atoms with Crippen molar-refractivity contribution in [2.45, 2.75) is 392 Å². The minimum absolute atomic E-state index is 0.151. The molecule has 0 amide bonds. The Morgan fingerprint density at radius 3 is 0.966 bits per heavy atom. The summed E-state index contributed by atoms with van der Waals surface area (Å²) in [4.78, 5) is 37.5. The van der Waals surface area contributed by atoms with Crippen molar-refractivity contribution in [1.82, 2.24) is 0 Å². The molecule has 0 heterocycles. The van der Waals surface area contributed by atoms with Gasteiger partial charge in [0.05, 0.1) is 40.3 Å². The summed E-state index contributed by atoms with van der Waals surface area (Å²) in [5, 5.41) is 11.8. The first-order chi connectivity index (χ1) is 43.1. The number of likely N-dealkylation sites (N-methyl/N-ethyl adjacent to an activating group) is 1. The lowest BCUT2D eigenvalue weighted by Gasteiger charge is -2.26. The van der Waals surface area contributed by atoms with Crippen LogP contribution < -0.4 is 5.11 Å². The van der Waals surface area contributed by atoms with Gasteiger partial charge in [0.25, 0.3) is 0 Å². The minimum atomic E-state index is -1.62. The van der Waals surface area contributed by atoms with Crippen molar-refractivity contribution >= 4 is 17.9 Å². The first-order valence-electron chi connectivity index (χ1n) is 38.3. The molecule has 0 saturated heterocycles. The van der Waals surface area contributed by atoms with Crippen LogP contribution in [0.5, 0.6) is 0 Å². The molecule has 0 spiro atoms. The van der Waals surface area contributed by atoms with E-state index in [9.17, 15) is 19.5 Å². The van der Waals surface area contributed by atoms with Crippen LogP contribution in [-0.2, 0) is 33.3 Å². The van der Waals surface area contributed by atoms with Gasteiger partial charge in [-0.05, 0) is 51.4 Å². The smallest absolute Gasteiger partial charge is 0.306 e. The molecule has 516 valence electrons. The fourth-order valence-corrected chi connectivity index (χ4v) is 11.5. The highest BCUT2D eigenvalue weighted by molar-refractivity contribution is 5.70. The van der Waals surface area contributed by atoms with Gasteiger partial charge in [-0.25, -0.2) is 0 Å². The molecule has 0 N–H and O–H groups in total. The van der Waals surface area contributed by atoms with Gasteiger partial charge in [0, 0.05) is 12.8 Å². The highest BCUT2D eigenvalue weighted by Crippen LogP contribution is 2.20. The number of esters is 2. The summed E-state index contributed by atoms with van der Waals surface area (Å²) >= 11 is 0. The number of carboxylic acids is 1. The number of quaternary nitrogens is 1. The van der Waals surface area contributed by atoms with E-state index in [4.69, 9.17) is 18.9 Å². The average Bonchev–Trinajstić information content (AvgIpc) is 3.52. The highest BCUT2D eigenvalue weighted by Gasteiger charge is 2.22. The van der Waals surface area contributed by atoms with E-state index in [0.29, 0.717) is 17.4 Å². The van der Waals surface area contributed by atoms with Gasteiger partial charge in [0.15, 0.2) is 12.4 Å². The number of hydrogen-bond acceptors (Lipinski definition) is 8. The molecule has 9 heteroatoms. The summed E-state index contributed by atoms with van der Waals surface area (Å²) in [5.74, 6) is -2.25. The van der Waals surface area contributed by atoms with Gasteiger partial charge >= 0.3 is 11.9 Å². The molecule has 0 aromatic heterocycles. The third kappa shape index (κ3) is 70.7. The predicted molar refractivity (Wildman–Crippen MR) is 376 cm³/mol. The monoisotopic (exact) mass is 1240 g/mol. The molecule has 2 atom stereocenters. The number of carbonyl (C=O) groups is 3. The van der Waals surface area contributed by atoms with Crippen molar-refractivity contribution in [2.24, 2.45) is 0 Å². The fraction of sp³-hybridized carbons (Fsp3) is 0.861. The van der Waals surface area contributed by atoms with E-state index < -0.39 is 24.3 Å². The summed E-state index contributed by atoms with van der Waals surface area (Å²) in [6, 6.07) is 0. The van der Waals surface area contributed by atoms with Gasteiger partial charge < -0.3 is 33.3 Å². The van der Waals surface area contributed by atoms with Crippen molar-refractivity contribution in [2.75, 3.05) is 47.5 Å². The van der Waals surface area contributed by atoms with Gasteiger partial charge in [-0.1, -0.05) is 364 Å². The van der Waals surface area contributed by atoms with Crippen LogP contribution in [0.25, 0.3) is 0 Å². The number of aliphatic carboxylic acids is 1. The molecule has 0 rings (SSSR count). The quantitative estimate of drug-likeness (QED) is 0.0195. The molecule has 2 unspecified atom stereocenters. The van der Waals surface area contributed by atoms with Crippen LogP contribution in [0.2, 0.25) is 0 Å². The number of ether oxygens (including phenoxy) is 4. The van der Waals surface area contributed by atoms with Crippen LogP contribution in [0.1, 0.15) is 380 Å². The Labute approximate surface area is 546 Å². The average molecular weight is 1240 g/mol. The number of hydrogen-bond donors (Lipinski definition) is 0. The molecule has 88 heavy (non-hydrogen) atoms. The van der Waals surface area contributed by atoms with E-state index in [0.717, 1.165) is 64.2 Å². The maximum Gasteiger partial charge on any atom is 0.306 e. The Morgan fingerprint density at radius 2 is 0.648 bits per heavy atom. The lowest BCUT2D eigenvalue weighted by Crippen LogP contribution is -2.44. The largest absolute Gasteiger partial charge is 0.545 e. The molecule has 0 aliphatic heterocycles. The summed E-state index contributed by atoms with van der Waals surface area (Å²) in [6.45, 7) is 4.71. The molecular formula is C79H147NO8. The van der Waals surface area contributed by atoms with Crippen LogP contribution in [0, 0.1) is 0 Å². The summed E-state index contributed by atoms with van der Waals surface area (Å²) in [6.07, 6.45) is 88.0. The van der Waals surface area contributed by atoms with Crippen LogP contribution in [0.4, 0.5) is 0 Å². The highest BCUT2D eigenvalue weighted by atomic mass is 16.7. The number of unbranched alkanes of at least 4 members (excludes halogenated alkanes) is 49. The van der Waals surface area contributed by atoms with Crippen molar-refractivity contribution < 1.29 is 42.9 Å². The van der Waals surface area contributed by atoms with Crippen molar-refractivity contribution in [3.63, 3.8) is 0 Å². The molecule has 0 aliphatic carbocycles. The lowest BCUT2D eigenvalue weighted by molar-refractivity contribution is -0.870. The standard InChI is InChI=1S/C79H147NO8/c1-6-8-10-12-14-16-18-20-22-24-26-28-30-32-33-34-35-36-37-38-39-40-41-42-43-44-45-46-48-50-52-54-56-58-60-62-64-66-68-70-77(82)88-75(74-87-79(78(83)84)85-72-71-80(3,4)5)73-86-76(81)69-67-65-63-61-59-57-55-53-51-49-47-31-29-27-25-23-21-19-17-15-13-11-9-7-2/h8,10,14,16,20,22,26,28,75,79H,6-7,9,11-13,15,17-19,21,23-25,27,29-74H2,1-5H3/b10-8-,16-14-,22-20-,28-26-. The van der Waals surface area contributed by atoms with Gasteiger partial charge in [-0.3, -0.25) is 9.59 Å². The molecule has 0 saturated carbocycles. The van der Waals surface area contributed by atoms with Crippen molar-refractivity contribution in [1.29, 1.82) is 0 Å². The molecule has 9 nitrogen and oxygen atoms in total. The molecule has 0 radical (unpaired) electrons. The second-order valence-electron chi connectivity index (χ2n) is 27.3. The molecule has 0 aliphatic rings. The maximum absolute atomic E-state index is 13.0.